The number of amides is 1. The van der Waals surface area contributed by atoms with Gasteiger partial charge >= 0.3 is 0 Å². The first-order chi connectivity index (χ1) is 9.61. The molecular weight excluding hydrogens is 254 g/mol. The molecule has 0 aliphatic rings. The third-order valence-corrected chi connectivity index (χ3v) is 3.45. The summed E-state index contributed by atoms with van der Waals surface area (Å²) in [6, 6.07) is 7.67. The first kappa shape index (κ1) is 14.5. The first-order valence-electron chi connectivity index (χ1n) is 6.92. The van der Waals surface area contributed by atoms with Crippen LogP contribution in [0.1, 0.15) is 20.3 Å². The molecule has 0 saturated heterocycles. The van der Waals surface area contributed by atoms with E-state index in [1.54, 1.807) is 6.33 Å². The molecule has 0 aliphatic carbocycles. The minimum Gasteiger partial charge on any atom is -0.394 e. The van der Waals surface area contributed by atoms with Gasteiger partial charge in [-0.25, -0.2) is 4.98 Å². The maximum atomic E-state index is 11.9. The molecule has 0 fully saturated rings. The van der Waals surface area contributed by atoms with Gasteiger partial charge in [0.05, 0.1) is 30.0 Å². The summed E-state index contributed by atoms with van der Waals surface area (Å²) in [6.07, 6.45) is 2.13. The van der Waals surface area contributed by atoms with E-state index in [4.69, 9.17) is 0 Å². The highest BCUT2D eigenvalue weighted by Crippen LogP contribution is 2.12. The number of aliphatic hydroxyl groups excluding tert-OH is 1. The van der Waals surface area contributed by atoms with Crippen molar-refractivity contribution in [1.82, 2.24) is 14.9 Å². The van der Waals surface area contributed by atoms with Gasteiger partial charge < -0.3 is 15.0 Å². The summed E-state index contributed by atoms with van der Waals surface area (Å²) < 4.78 is 1.97. The summed E-state index contributed by atoms with van der Waals surface area (Å²) in [7, 11) is 0. The van der Waals surface area contributed by atoms with Gasteiger partial charge in [-0.2, -0.15) is 0 Å². The topological polar surface area (TPSA) is 67.2 Å². The van der Waals surface area contributed by atoms with Gasteiger partial charge in [0.1, 0.15) is 0 Å². The van der Waals surface area contributed by atoms with E-state index in [0.29, 0.717) is 13.0 Å². The Kier molecular flexibility index (Phi) is 4.74. The van der Waals surface area contributed by atoms with Gasteiger partial charge in [0.25, 0.3) is 0 Å². The molecule has 1 heterocycles. The summed E-state index contributed by atoms with van der Waals surface area (Å²) in [4.78, 5) is 16.2. The molecule has 2 N–H and O–H groups in total. The number of hydrogen-bond donors (Lipinski definition) is 2. The molecule has 5 nitrogen and oxygen atoms in total. The van der Waals surface area contributed by atoms with Crippen LogP contribution in [0.15, 0.2) is 30.6 Å². The Bertz CT molecular complexity index is 577. The number of rotatable bonds is 6. The fraction of sp³-hybridized carbons (Fsp3) is 0.467. The predicted octanol–water partition coefficient (Wildman–Crippen LogP) is 1.56. The summed E-state index contributed by atoms with van der Waals surface area (Å²) in [5.41, 5.74) is 1.96. The minimum atomic E-state index is -0.179. The van der Waals surface area contributed by atoms with Crippen molar-refractivity contribution in [1.29, 1.82) is 0 Å². The minimum absolute atomic E-state index is 0.0303. The second-order valence-corrected chi connectivity index (χ2v) is 5.28. The van der Waals surface area contributed by atoms with Crippen LogP contribution in [0.25, 0.3) is 11.0 Å². The standard InChI is InChI=1S/C15H21N3O2/c1-11(2)13(9-19)17-15(20)7-8-18-10-16-12-5-3-4-6-14(12)18/h3-6,10-11,13,19H,7-9H2,1-2H3,(H,17,20)/t13-/m1/s1. The highest BCUT2D eigenvalue weighted by atomic mass is 16.3. The van der Waals surface area contributed by atoms with Crippen molar-refractivity contribution < 1.29 is 9.90 Å². The summed E-state index contributed by atoms with van der Waals surface area (Å²) in [5, 5.41) is 12.1. The summed E-state index contributed by atoms with van der Waals surface area (Å²) in [6.45, 7) is 4.51. The molecular formula is C15H21N3O2. The van der Waals surface area contributed by atoms with Gasteiger partial charge in [0, 0.05) is 13.0 Å². The number of aromatic nitrogens is 2. The molecule has 1 amide bonds. The molecule has 0 saturated carbocycles. The van der Waals surface area contributed by atoms with Gasteiger partial charge in [-0.15, -0.1) is 0 Å². The molecule has 0 unspecified atom stereocenters. The van der Waals surface area contributed by atoms with E-state index >= 15 is 0 Å². The Hall–Kier alpha value is -1.88. The molecule has 0 spiro atoms. The maximum Gasteiger partial charge on any atom is 0.222 e. The normalized spacial score (nSPS) is 12.8. The van der Waals surface area contributed by atoms with Crippen LogP contribution in [-0.4, -0.2) is 33.2 Å². The number of aliphatic hydroxyl groups is 1. The quantitative estimate of drug-likeness (QED) is 0.840. The fourth-order valence-electron chi connectivity index (χ4n) is 2.11. The van der Waals surface area contributed by atoms with Crippen LogP contribution >= 0.6 is 0 Å². The SMILES string of the molecule is CC(C)[C@@H](CO)NC(=O)CCn1cnc2ccccc21. The van der Waals surface area contributed by atoms with Crippen molar-refractivity contribution in [2.75, 3.05) is 6.61 Å². The van der Waals surface area contributed by atoms with Gasteiger partial charge in [-0.05, 0) is 18.1 Å². The molecule has 20 heavy (non-hydrogen) atoms. The smallest absolute Gasteiger partial charge is 0.222 e. The molecule has 0 aliphatic heterocycles. The number of benzene rings is 1. The second-order valence-electron chi connectivity index (χ2n) is 5.28. The number of carbonyl (C=O) groups excluding carboxylic acids is 1. The molecule has 0 bridgehead atoms. The van der Waals surface area contributed by atoms with Crippen molar-refractivity contribution in [2.45, 2.75) is 32.9 Å². The fourth-order valence-corrected chi connectivity index (χ4v) is 2.11. The van der Waals surface area contributed by atoms with Crippen molar-refractivity contribution in [2.24, 2.45) is 5.92 Å². The number of aryl methyl sites for hydroxylation is 1. The number of imidazole rings is 1. The number of nitrogens with one attached hydrogen (secondary N) is 1. The van der Waals surface area contributed by atoms with Gasteiger partial charge in [0.15, 0.2) is 0 Å². The zero-order valence-corrected chi connectivity index (χ0v) is 11.9. The summed E-state index contributed by atoms with van der Waals surface area (Å²) in [5.74, 6) is 0.175. The number of fused-ring (bicyclic) bond motifs is 1. The molecule has 2 aromatic rings. The van der Waals surface area contributed by atoms with Crippen LogP contribution < -0.4 is 5.32 Å². The molecule has 1 aromatic carbocycles. The predicted molar refractivity (Wildman–Crippen MR) is 78.2 cm³/mol. The largest absolute Gasteiger partial charge is 0.394 e. The monoisotopic (exact) mass is 275 g/mol. The average molecular weight is 275 g/mol. The Morgan fingerprint density at radius 2 is 2.15 bits per heavy atom. The lowest BCUT2D eigenvalue weighted by molar-refractivity contribution is -0.122. The highest BCUT2D eigenvalue weighted by Gasteiger charge is 2.15. The second kappa shape index (κ2) is 6.52. The number of hydrogen-bond acceptors (Lipinski definition) is 3. The highest BCUT2D eigenvalue weighted by molar-refractivity contribution is 5.77. The van der Waals surface area contributed by atoms with E-state index in [0.717, 1.165) is 11.0 Å². The van der Waals surface area contributed by atoms with Gasteiger partial charge in [0.2, 0.25) is 5.91 Å². The van der Waals surface area contributed by atoms with Crippen LogP contribution in [-0.2, 0) is 11.3 Å². The third-order valence-electron chi connectivity index (χ3n) is 3.45. The molecule has 1 aromatic heterocycles. The Balaban J connectivity index is 1.93. The van der Waals surface area contributed by atoms with Crippen LogP contribution in [0.4, 0.5) is 0 Å². The van der Waals surface area contributed by atoms with Crippen LogP contribution in [0, 0.1) is 5.92 Å². The van der Waals surface area contributed by atoms with Crippen molar-refractivity contribution >= 4 is 16.9 Å². The third kappa shape index (κ3) is 3.36. The van der Waals surface area contributed by atoms with Crippen LogP contribution in [0.5, 0.6) is 0 Å². The van der Waals surface area contributed by atoms with E-state index < -0.39 is 0 Å². The van der Waals surface area contributed by atoms with E-state index in [9.17, 15) is 9.90 Å². The maximum absolute atomic E-state index is 11.9. The van der Waals surface area contributed by atoms with E-state index in [1.807, 2.05) is 42.7 Å². The van der Waals surface area contributed by atoms with Crippen LogP contribution in [0.3, 0.4) is 0 Å². The molecule has 5 heteroatoms. The van der Waals surface area contributed by atoms with Gasteiger partial charge in [-0.1, -0.05) is 26.0 Å². The van der Waals surface area contributed by atoms with Crippen molar-refractivity contribution in [3.8, 4) is 0 Å². The number of carbonyl (C=O) groups is 1. The van der Waals surface area contributed by atoms with Crippen LogP contribution in [0.2, 0.25) is 0 Å². The molecule has 0 radical (unpaired) electrons. The lowest BCUT2D eigenvalue weighted by atomic mass is 10.1. The lowest BCUT2D eigenvalue weighted by Gasteiger charge is -2.19. The number of para-hydroxylation sites is 2. The first-order valence-corrected chi connectivity index (χ1v) is 6.92. The summed E-state index contributed by atoms with van der Waals surface area (Å²) >= 11 is 0. The average Bonchev–Trinajstić information content (AvgIpc) is 2.85. The molecule has 108 valence electrons. The molecule has 2 rings (SSSR count). The van der Waals surface area contributed by atoms with E-state index in [1.165, 1.54) is 0 Å². The van der Waals surface area contributed by atoms with Gasteiger partial charge in [-0.3, -0.25) is 4.79 Å². The molecule has 1 atom stereocenters. The Morgan fingerprint density at radius 1 is 1.40 bits per heavy atom. The lowest BCUT2D eigenvalue weighted by Crippen LogP contribution is -2.41. The Labute approximate surface area is 118 Å². The van der Waals surface area contributed by atoms with E-state index in [-0.39, 0.29) is 24.5 Å². The number of nitrogens with zero attached hydrogens (tertiary/aromatic N) is 2. The zero-order valence-electron chi connectivity index (χ0n) is 11.9. The van der Waals surface area contributed by atoms with E-state index in [2.05, 4.69) is 10.3 Å². The zero-order chi connectivity index (χ0) is 14.5. The van der Waals surface area contributed by atoms with Crippen molar-refractivity contribution in [3.05, 3.63) is 30.6 Å². The Morgan fingerprint density at radius 3 is 2.85 bits per heavy atom. The van der Waals surface area contributed by atoms with Crippen molar-refractivity contribution in [3.63, 3.8) is 0 Å².